The van der Waals surface area contributed by atoms with Crippen molar-refractivity contribution in [2.45, 2.75) is 20.8 Å². The Hall–Kier alpha value is -1.02. The van der Waals surface area contributed by atoms with Gasteiger partial charge in [-0.15, -0.1) is 0 Å². The van der Waals surface area contributed by atoms with E-state index in [0.717, 1.165) is 12.3 Å². The van der Waals surface area contributed by atoms with Crippen LogP contribution in [0.4, 0.5) is 0 Å². The smallest absolute Gasteiger partial charge is 0.137 e. The fraction of sp³-hybridized carbons (Fsp3) is 0.455. The monoisotopic (exact) mass is 180 g/mol. The molecule has 13 heavy (non-hydrogen) atoms. The Morgan fingerprint density at radius 2 is 1.69 bits per heavy atom. The fourth-order valence-corrected chi connectivity index (χ4v) is 1.57. The minimum atomic E-state index is 0.699. The fourth-order valence-electron chi connectivity index (χ4n) is 1.57. The third-order valence-electron chi connectivity index (χ3n) is 2.00. The highest BCUT2D eigenvalue weighted by Crippen LogP contribution is 2.24. The molecular weight excluding hydrogens is 162 g/mol. The Kier molecular flexibility index (Phi) is 3.32. The maximum atomic E-state index is 5.61. The molecule has 1 aromatic carbocycles. The summed E-state index contributed by atoms with van der Waals surface area (Å²) in [7, 11) is 0. The maximum absolute atomic E-state index is 5.61. The molecule has 0 aromatic heterocycles. The Morgan fingerprint density at radius 1 is 1.15 bits per heavy atom. The first kappa shape index (κ1) is 10.1. The Balaban J connectivity index is 2.92. The molecule has 0 unspecified atom stereocenters. The summed E-state index contributed by atoms with van der Waals surface area (Å²) in [4.78, 5) is 0. The van der Waals surface area contributed by atoms with E-state index in [1.807, 2.05) is 0 Å². The van der Waals surface area contributed by atoms with Gasteiger partial charge in [0.25, 0.3) is 0 Å². The molecule has 0 amide bonds. The number of hydrogen-bond donors (Lipinski definition) is 1. The van der Waals surface area contributed by atoms with Gasteiger partial charge in [-0.25, -0.2) is 0 Å². The summed E-state index contributed by atoms with van der Waals surface area (Å²) in [5.74, 6) is 1.02. The molecule has 3 N–H and O–H groups in total. The molecule has 1 rings (SSSR count). The standard InChI is InChI=1S/C11H17NO/c1-8-6-9(2)11(10(3)7-8)13-5-4-12/h6-7H,4-5,12H2,1-3H3/p+1. The van der Waals surface area contributed by atoms with E-state index in [2.05, 4.69) is 38.6 Å². The van der Waals surface area contributed by atoms with Crippen molar-refractivity contribution in [2.75, 3.05) is 13.2 Å². The van der Waals surface area contributed by atoms with Gasteiger partial charge in [0.15, 0.2) is 0 Å². The number of benzene rings is 1. The SMILES string of the molecule is Cc1cc(C)c(OCC[NH3+])c(C)c1. The van der Waals surface area contributed by atoms with Crippen LogP contribution in [0, 0.1) is 20.8 Å². The summed E-state index contributed by atoms with van der Waals surface area (Å²) in [5, 5.41) is 0. The molecule has 0 aliphatic rings. The zero-order chi connectivity index (χ0) is 9.84. The first-order chi connectivity index (χ1) is 6.15. The third-order valence-corrected chi connectivity index (χ3v) is 2.00. The number of rotatable bonds is 3. The molecule has 0 saturated heterocycles. The lowest BCUT2D eigenvalue weighted by molar-refractivity contribution is -0.370. The summed E-state index contributed by atoms with van der Waals surface area (Å²) in [6, 6.07) is 4.29. The first-order valence-electron chi connectivity index (χ1n) is 4.65. The van der Waals surface area contributed by atoms with E-state index in [9.17, 15) is 0 Å². The first-order valence-corrected chi connectivity index (χ1v) is 4.65. The van der Waals surface area contributed by atoms with Gasteiger partial charge in [0.05, 0.1) is 0 Å². The van der Waals surface area contributed by atoms with Crippen molar-refractivity contribution >= 4 is 0 Å². The average molecular weight is 180 g/mol. The predicted octanol–water partition coefficient (Wildman–Crippen LogP) is 1.23. The molecule has 0 spiro atoms. The third kappa shape index (κ3) is 2.46. The van der Waals surface area contributed by atoms with E-state index in [4.69, 9.17) is 4.74 Å². The van der Waals surface area contributed by atoms with Crippen LogP contribution in [-0.4, -0.2) is 13.2 Å². The van der Waals surface area contributed by atoms with Crippen molar-refractivity contribution in [1.29, 1.82) is 0 Å². The zero-order valence-electron chi connectivity index (χ0n) is 8.68. The van der Waals surface area contributed by atoms with Crippen molar-refractivity contribution in [3.63, 3.8) is 0 Å². The number of ether oxygens (including phenoxy) is 1. The van der Waals surface area contributed by atoms with E-state index < -0.39 is 0 Å². The van der Waals surface area contributed by atoms with E-state index in [-0.39, 0.29) is 0 Å². The van der Waals surface area contributed by atoms with Crippen LogP contribution in [0.3, 0.4) is 0 Å². The quantitative estimate of drug-likeness (QED) is 0.746. The second-order valence-corrected chi connectivity index (χ2v) is 3.43. The molecule has 0 bridgehead atoms. The summed E-state index contributed by atoms with van der Waals surface area (Å²) < 4.78 is 5.61. The van der Waals surface area contributed by atoms with Crippen LogP contribution in [0.15, 0.2) is 12.1 Å². The molecular formula is C11H18NO+. The van der Waals surface area contributed by atoms with Gasteiger partial charge in [0.1, 0.15) is 18.9 Å². The molecule has 0 heterocycles. The molecule has 2 heteroatoms. The molecule has 0 radical (unpaired) electrons. The second-order valence-electron chi connectivity index (χ2n) is 3.43. The lowest BCUT2D eigenvalue weighted by atomic mass is 10.1. The minimum absolute atomic E-state index is 0.699. The van der Waals surface area contributed by atoms with Crippen LogP contribution in [0.1, 0.15) is 16.7 Å². The molecule has 1 aromatic rings. The largest absolute Gasteiger partial charge is 0.487 e. The minimum Gasteiger partial charge on any atom is -0.487 e. The highest BCUT2D eigenvalue weighted by atomic mass is 16.5. The van der Waals surface area contributed by atoms with E-state index in [1.165, 1.54) is 16.7 Å². The highest BCUT2D eigenvalue weighted by molar-refractivity contribution is 5.42. The van der Waals surface area contributed by atoms with Gasteiger partial charge in [-0.2, -0.15) is 0 Å². The van der Waals surface area contributed by atoms with Crippen molar-refractivity contribution < 1.29 is 10.5 Å². The zero-order valence-corrected chi connectivity index (χ0v) is 8.68. The molecule has 0 fully saturated rings. The van der Waals surface area contributed by atoms with Crippen LogP contribution in [0.5, 0.6) is 5.75 Å². The number of hydrogen-bond acceptors (Lipinski definition) is 1. The molecule has 72 valence electrons. The van der Waals surface area contributed by atoms with Crippen LogP contribution in [0.25, 0.3) is 0 Å². The normalized spacial score (nSPS) is 10.2. The highest BCUT2D eigenvalue weighted by Gasteiger charge is 2.04. The van der Waals surface area contributed by atoms with Crippen molar-refractivity contribution in [3.05, 3.63) is 28.8 Å². The Bertz CT molecular complexity index is 271. The van der Waals surface area contributed by atoms with Crippen LogP contribution in [0.2, 0.25) is 0 Å². The molecule has 2 nitrogen and oxygen atoms in total. The van der Waals surface area contributed by atoms with Gasteiger partial charge in [-0.05, 0) is 31.9 Å². The van der Waals surface area contributed by atoms with E-state index in [0.29, 0.717) is 6.61 Å². The molecule has 0 aliphatic carbocycles. The Morgan fingerprint density at radius 3 is 2.15 bits per heavy atom. The summed E-state index contributed by atoms with van der Waals surface area (Å²) >= 11 is 0. The average Bonchev–Trinajstić information content (AvgIpc) is 2.02. The van der Waals surface area contributed by atoms with E-state index in [1.54, 1.807) is 0 Å². The molecule has 0 aliphatic heterocycles. The Labute approximate surface area is 79.7 Å². The lowest BCUT2D eigenvalue weighted by Crippen LogP contribution is -2.52. The molecule has 0 saturated carbocycles. The summed E-state index contributed by atoms with van der Waals surface area (Å²) in [5.41, 5.74) is 7.47. The second kappa shape index (κ2) is 4.28. The number of quaternary nitrogens is 1. The topological polar surface area (TPSA) is 36.9 Å². The van der Waals surface area contributed by atoms with Crippen LogP contribution in [-0.2, 0) is 0 Å². The summed E-state index contributed by atoms with van der Waals surface area (Å²) in [6.07, 6.45) is 0. The van der Waals surface area contributed by atoms with Gasteiger partial charge >= 0.3 is 0 Å². The lowest BCUT2D eigenvalue weighted by Gasteiger charge is -2.11. The van der Waals surface area contributed by atoms with Crippen LogP contribution < -0.4 is 10.5 Å². The summed E-state index contributed by atoms with van der Waals surface area (Å²) in [6.45, 7) is 7.78. The van der Waals surface area contributed by atoms with Gasteiger partial charge in [0, 0.05) is 0 Å². The van der Waals surface area contributed by atoms with Crippen LogP contribution >= 0.6 is 0 Å². The van der Waals surface area contributed by atoms with E-state index >= 15 is 0 Å². The van der Waals surface area contributed by atoms with Gasteiger partial charge in [-0.3, -0.25) is 0 Å². The van der Waals surface area contributed by atoms with Crippen molar-refractivity contribution in [2.24, 2.45) is 0 Å². The van der Waals surface area contributed by atoms with Crippen molar-refractivity contribution in [3.8, 4) is 5.75 Å². The van der Waals surface area contributed by atoms with Gasteiger partial charge in [0.2, 0.25) is 0 Å². The number of aryl methyl sites for hydroxylation is 3. The predicted molar refractivity (Wildman–Crippen MR) is 53.9 cm³/mol. The van der Waals surface area contributed by atoms with Gasteiger partial charge in [-0.1, -0.05) is 17.7 Å². The van der Waals surface area contributed by atoms with Crippen molar-refractivity contribution in [1.82, 2.24) is 0 Å². The van der Waals surface area contributed by atoms with Gasteiger partial charge < -0.3 is 10.5 Å². The molecule has 0 atom stereocenters. The maximum Gasteiger partial charge on any atom is 0.137 e.